The minimum atomic E-state index is -0.840. The van der Waals surface area contributed by atoms with Gasteiger partial charge < -0.3 is 15.2 Å². The minimum absolute atomic E-state index is 0.0197. The molecule has 3 rings (SSSR count). The van der Waals surface area contributed by atoms with Crippen LogP contribution in [0.2, 0.25) is 0 Å². The normalized spacial score (nSPS) is 26.5. The van der Waals surface area contributed by atoms with E-state index in [4.69, 9.17) is 9.84 Å². The summed E-state index contributed by atoms with van der Waals surface area (Å²) in [6, 6.07) is 0.317. The van der Waals surface area contributed by atoms with Crippen LogP contribution in [0.25, 0.3) is 0 Å². The standard InChI is InChI=1S/C11H15N3O3S2/c15-8(16)5-18-11-14-13-10(19-11)12-7-3-4-17-9(7)6-1-2-6/h6-7,9H,1-5H2,(H,12,13)(H,15,16). The van der Waals surface area contributed by atoms with Gasteiger partial charge in [-0.25, -0.2) is 0 Å². The van der Waals surface area contributed by atoms with Crippen molar-refractivity contribution in [3.63, 3.8) is 0 Å². The lowest BCUT2D eigenvalue weighted by Crippen LogP contribution is -2.30. The van der Waals surface area contributed by atoms with Crippen LogP contribution >= 0.6 is 23.1 Å². The molecule has 104 valence electrons. The Labute approximate surface area is 118 Å². The SMILES string of the molecule is O=C(O)CSc1nnc(NC2CCOC2C2CC2)s1. The second-order valence-corrected chi connectivity index (χ2v) is 6.97. The molecule has 2 unspecified atom stereocenters. The number of thioether (sulfide) groups is 1. The fourth-order valence-corrected chi connectivity index (χ4v) is 3.80. The van der Waals surface area contributed by atoms with Gasteiger partial charge in [0.05, 0.1) is 17.9 Å². The highest BCUT2D eigenvalue weighted by atomic mass is 32.2. The summed E-state index contributed by atoms with van der Waals surface area (Å²) in [6.07, 6.45) is 3.83. The van der Waals surface area contributed by atoms with Crippen LogP contribution in [-0.2, 0) is 9.53 Å². The highest BCUT2D eigenvalue weighted by molar-refractivity contribution is 8.01. The molecular weight excluding hydrogens is 286 g/mol. The van der Waals surface area contributed by atoms with E-state index in [0.717, 1.165) is 18.2 Å². The smallest absolute Gasteiger partial charge is 0.313 e. The Morgan fingerprint density at radius 3 is 3.05 bits per heavy atom. The molecule has 0 spiro atoms. The number of carboxylic acids is 1. The largest absolute Gasteiger partial charge is 0.481 e. The molecule has 1 aliphatic heterocycles. The third-order valence-electron chi connectivity index (χ3n) is 3.26. The lowest BCUT2D eigenvalue weighted by Gasteiger charge is -2.18. The summed E-state index contributed by atoms with van der Waals surface area (Å²) in [4.78, 5) is 10.5. The molecule has 2 N–H and O–H groups in total. The van der Waals surface area contributed by atoms with Gasteiger partial charge >= 0.3 is 5.97 Å². The lowest BCUT2D eigenvalue weighted by molar-refractivity contribution is -0.133. The third-order valence-corrected chi connectivity index (χ3v) is 5.23. The third kappa shape index (κ3) is 3.37. The van der Waals surface area contributed by atoms with Crippen molar-refractivity contribution in [2.75, 3.05) is 17.7 Å². The number of rotatable bonds is 6. The number of hydrogen-bond donors (Lipinski definition) is 2. The molecule has 0 aromatic carbocycles. The van der Waals surface area contributed by atoms with Crippen molar-refractivity contribution >= 4 is 34.2 Å². The van der Waals surface area contributed by atoms with Gasteiger partial charge in [0, 0.05) is 6.61 Å². The van der Waals surface area contributed by atoms with Crippen LogP contribution in [0.3, 0.4) is 0 Å². The van der Waals surface area contributed by atoms with E-state index in [1.165, 1.54) is 35.9 Å². The molecule has 19 heavy (non-hydrogen) atoms. The zero-order chi connectivity index (χ0) is 13.2. The number of aromatic nitrogens is 2. The number of carbonyl (C=O) groups is 1. The summed E-state index contributed by atoms with van der Waals surface area (Å²) in [5.74, 6) is -0.118. The Balaban J connectivity index is 1.55. The van der Waals surface area contributed by atoms with Gasteiger partial charge in [-0.15, -0.1) is 10.2 Å². The highest BCUT2D eigenvalue weighted by Crippen LogP contribution is 2.40. The molecule has 2 fully saturated rings. The maximum atomic E-state index is 10.5. The first-order valence-corrected chi connectivity index (χ1v) is 8.09. The summed E-state index contributed by atoms with van der Waals surface area (Å²) < 4.78 is 6.45. The molecule has 0 amide bonds. The summed E-state index contributed by atoms with van der Waals surface area (Å²) in [5, 5.41) is 20.8. The van der Waals surface area contributed by atoms with Gasteiger partial charge in [-0.1, -0.05) is 23.1 Å². The molecule has 1 aromatic rings. The number of hydrogen-bond acceptors (Lipinski definition) is 7. The number of nitrogens with one attached hydrogen (secondary N) is 1. The average molecular weight is 301 g/mol. The first kappa shape index (κ1) is 13.1. The number of nitrogens with zero attached hydrogens (tertiary/aromatic N) is 2. The van der Waals surface area contributed by atoms with Gasteiger partial charge in [0.15, 0.2) is 4.34 Å². The van der Waals surface area contributed by atoms with Gasteiger partial charge in [0.2, 0.25) is 5.13 Å². The van der Waals surface area contributed by atoms with Crippen LogP contribution < -0.4 is 5.32 Å². The molecule has 2 atom stereocenters. The van der Waals surface area contributed by atoms with Gasteiger partial charge in [0.1, 0.15) is 0 Å². The van der Waals surface area contributed by atoms with Crippen molar-refractivity contribution in [1.29, 1.82) is 0 Å². The monoisotopic (exact) mass is 301 g/mol. The predicted octanol–water partition coefficient (Wildman–Crippen LogP) is 1.69. The van der Waals surface area contributed by atoms with E-state index >= 15 is 0 Å². The first-order valence-electron chi connectivity index (χ1n) is 6.28. The number of aliphatic carboxylic acids is 1. The lowest BCUT2D eigenvalue weighted by atomic mass is 10.1. The fourth-order valence-electron chi connectivity index (χ4n) is 2.26. The van der Waals surface area contributed by atoms with Crippen molar-refractivity contribution in [3.05, 3.63) is 0 Å². The van der Waals surface area contributed by atoms with Crippen LogP contribution in [-0.4, -0.2) is 45.8 Å². The topological polar surface area (TPSA) is 84.3 Å². The number of carboxylic acid groups (broad SMARTS) is 1. The van der Waals surface area contributed by atoms with Crippen molar-refractivity contribution < 1.29 is 14.6 Å². The minimum Gasteiger partial charge on any atom is -0.481 e. The number of ether oxygens (including phenoxy) is 1. The second kappa shape index (κ2) is 5.64. The molecule has 1 saturated heterocycles. The fraction of sp³-hybridized carbons (Fsp3) is 0.727. The Morgan fingerprint density at radius 2 is 2.32 bits per heavy atom. The Kier molecular flexibility index (Phi) is 3.90. The van der Waals surface area contributed by atoms with Crippen LogP contribution in [0.15, 0.2) is 4.34 Å². The Bertz CT molecular complexity index is 464. The van der Waals surface area contributed by atoms with Crippen molar-refractivity contribution in [2.24, 2.45) is 5.92 Å². The van der Waals surface area contributed by atoms with E-state index in [2.05, 4.69) is 15.5 Å². The van der Waals surface area contributed by atoms with Crippen LogP contribution in [0.5, 0.6) is 0 Å². The van der Waals surface area contributed by atoms with E-state index in [0.29, 0.717) is 22.4 Å². The quantitative estimate of drug-likeness (QED) is 0.773. The van der Waals surface area contributed by atoms with Gasteiger partial charge in [-0.3, -0.25) is 4.79 Å². The maximum Gasteiger partial charge on any atom is 0.313 e. The van der Waals surface area contributed by atoms with Gasteiger partial charge in [0.25, 0.3) is 0 Å². The predicted molar refractivity (Wildman–Crippen MR) is 72.8 cm³/mol. The van der Waals surface area contributed by atoms with E-state index in [9.17, 15) is 4.79 Å². The van der Waals surface area contributed by atoms with Gasteiger partial charge in [-0.05, 0) is 25.2 Å². The molecule has 2 heterocycles. The van der Waals surface area contributed by atoms with Crippen molar-refractivity contribution in [1.82, 2.24) is 10.2 Å². The summed E-state index contributed by atoms with van der Waals surface area (Å²) in [6.45, 7) is 0.804. The van der Waals surface area contributed by atoms with Crippen molar-refractivity contribution in [2.45, 2.75) is 35.7 Å². The maximum absolute atomic E-state index is 10.5. The zero-order valence-electron chi connectivity index (χ0n) is 10.2. The molecular formula is C11H15N3O3S2. The average Bonchev–Trinajstić information content (AvgIpc) is 2.95. The summed E-state index contributed by atoms with van der Waals surface area (Å²) in [7, 11) is 0. The summed E-state index contributed by atoms with van der Waals surface area (Å²) >= 11 is 2.61. The highest BCUT2D eigenvalue weighted by Gasteiger charge is 2.40. The molecule has 6 nitrogen and oxygen atoms in total. The van der Waals surface area contributed by atoms with Crippen LogP contribution in [0, 0.1) is 5.92 Å². The second-order valence-electron chi connectivity index (χ2n) is 4.77. The number of anilines is 1. The Hall–Kier alpha value is -0.860. The van der Waals surface area contributed by atoms with E-state index in [1.54, 1.807) is 0 Å². The van der Waals surface area contributed by atoms with Crippen LogP contribution in [0.4, 0.5) is 5.13 Å². The molecule has 2 aliphatic rings. The zero-order valence-corrected chi connectivity index (χ0v) is 11.9. The molecule has 1 saturated carbocycles. The molecule has 1 aromatic heterocycles. The van der Waals surface area contributed by atoms with E-state index in [1.807, 2.05) is 0 Å². The molecule has 0 radical (unpaired) electrons. The van der Waals surface area contributed by atoms with E-state index < -0.39 is 5.97 Å². The molecule has 8 heteroatoms. The first-order chi connectivity index (χ1) is 9.22. The molecule has 0 bridgehead atoms. The van der Waals surface area contributed by atoms with E-state index in [-0.39, 0.29) is 5.75 Å². The molecule has 1 aliphatic carbocycles. The van der Waals surface area contributed by atoms with Crippen LogP contribution in [0.1, 0.15) is 19.3 Å². The Morgan fingerprint density at radius 1 is 1.47 bits per heavy atom. The van der Waals surface area contributed by atoms with Crippen molar-refractivity contribution in [3.8, 4) is 0 Å². The van der Waals surface area contributed by atoms with Gasteiger partial charge in [-0.2, -0.15) is 0 Å². The summed E-state index contributed by atoms with van der Waals surface area (Å²) in [5.41, 5.74) is 0.